The van der Waals surface area contributed by atoms with E-state index in [0.29, 0.717) is 19.6 Å². The molecule has 0 aliphatic rings. The maximum absolute atomic E-state index is 13.2. The lowest BCUT2D eigenvalue weighted by Crippen LogP contribution is -2.39. The van der Waals surface area contributed by atoms with E-state index in [1.165, 1.54) is 87.5 Å². The Bertz CT molecular complexity index is 1680. The molecule has 1 heterocycles. The Balaban J connectivity index is 1.23. The number of anilines is 1. The highest BCUT2D eigenvalue weighted by atomic mass is 31.2. The molecular weight excluding hydrogens is 750 g/mol. The third-order valence-electron chi connectivity index (χ3n) is 10.3. The molecule has 0 amide bonds. The van der Waals surface area contributed by atoms with E-state index in [1.54, 1.807) is 0 Å². The zero-order chi connectivity index (χ0) is 41.3. The highest BCUT2D eigenvalue weighted by Crippen LogP contribution is 2.43. The van der Waals surface area contributed by atoms with Crippen LogP contribution in [0.3, 0.4) is 0 Å². The number of hydrogen-bond acceptors (Lipinski definition) is 8. The van der Waals surface area contributed by atoms with Gasteiger partial charge in [0.25, 0.3) is 0 Å². The zero-order valence-electron chi connectivity index (χ0n) is 34.9. The van der Waals surface area contributed by atoms with E-state index in [0.717, 1.165) is 35.4 Å². The second-order valence-electron chi connectivity index (χ2n) is 15.7. The van der Waals surface area contributed by atoms with E-state index in [9.17, 15) is 14.3 Å². The van der Waals surface area contributed by atoms with E-state index < -0.39 is 31.3 Å². The van der Waals surface area contributed by atoms with Crippen LogP contribution in [0, 0.1) is 5.92 Å². The molecule has 0 saturated heterocycles. The highest BCUT2D eigenvalue weighted by molar-refractivity contribution is 7.52. The van der Waals surface area contributed by atoms with Gasteiger partial charge in [0.1, 0.15) is 17.8 Å². The number of rotatable bonds is 31. The molecule has 4 rings (SSSR count). The molecule has 0 bridgehead atoms. The molecule has 1 aromatic heterocycles. The van der Waals surface area contributed by atoms with Gasteiger partial charge in [-0.3, -0.25) is 9.13 Å². The number of hydrogen-bond donors (Lipinski definition) is 2. The standard InChI is InChI=1S/C47H68N3O7P/c1-40(2)25-16-11-9-7-5-3-4-6-8-10-12-23-34-54-35-24-36-57-58(52,53)39-55-44(37-50-33-32-45(48)49-46(50)51)38-56-47(41-26-17-13-18-27-41,42-28-19-14-20-29-42)43-30-21-15-22-31-43/h13-15,17-22,26-33,40,44H,3-12,16,23-25,34-39H2,1-2H3,(H,52,53)(H2,48,49,51)/t44-/m0/s1. The van der Waals surface area contributed by atoms with Crippen LogP contribution in [0.15, 0.2) is 108 Å². The largest absolute Gasteiger partial charge is 0.383 e. The van der Waals surface area contributed by atoms with E-state index in [4.69, 9.17) is 24.5 Å². The quantitative estimate of drug-likeness (QED) is 0.0289. The van der Waals surface area contributed by atoms with Crippen molar-refractivity contribution < 1.29 is 28.2 Å². The molecule has 0 radical (unpaired) electrons. The van der Waals surface area contributed by atoms with Crippen LogP contribution in [0.5, 0.6) is 0 Å². The van der Waals surface area contributed by atoms with Crippen LogP contribution in [0.2, 0.25) is 0 Å². The van der Waals surface area contributed by atoms with Gasteiger partial charge in [-0.15, -0.1) is 0 Å². The summed E-state index contributed by atoms with van der Waals surface area (Å²) in [4.78, 5) is 27.4. The Morgan fingerprint density at radius 3 is 1.67 bits per heavy atom. The number of unbranched alkanes of at least 4 members (excludes halogenated alkanes) is 11. The number of benzene rings is 3. The lowest BCUT2D eigenvalue weighted by atomic mass is 9.80. The van der Waals surface area contributed by atoms with Crippen molar-refractivity contribution >= 4 is 13.4 Å². The molecule has 0 aliphatic heterocycles. The Labute approximate surface area is 347 Å². The van der Waals surface area contributed by atoms with Gasteiger partial charge >= 0.3 is 13.3 Å². The first-order valence-electron chi connectivity index (χ1n) is 21.5. The number of aromatic nitrogens is 2. The fourth-order valence-electron chi connectivity index (χ4n) is 7.17. The van der Waals surface area contributed by atoms with Crippen molar-refractivity contribution in [1.29, 1.82) is 0 Å². The van der Waals surface area contributed by atoms with Gasteiger partial charge < -0.3 is 29.4 Å². The van der Waals surface area contributed by atoms with Crippen molar-refractivity contribution in [2.45, 2.75) is 122 Å². The van der Waals surface area contributed by atoms with Gasteiger partial charge in [0.05, 0.1) is 25.9 Å². The number of ether oxygens (including phenoxy) is 3. The van der Waals surface area contributed by atoms with Gasteiger partial charge in [0.2, 0.25) is 0 Å². The zero-order valence-corrected chi connectivity index (χ0v) is 35.8. The summed E-state index contributed by atoms with van der Waals surface area (Å²) in [6.07, 6.45) is 17.5. The van der Waals surface area contributed by atoms with Crippen LogP contribution >= 0.6 is 7.60 Å². The van der Waals surface area contributed by atoms with Crippen LogP contribution in [-0.2, 0) is 35.4 Å². The molecule has 58 heavy (non-hydrogen) atoms. The van der Waals surface area contributed by atoms with E-state index in [-0.39, 0.29) is 25.6 Å². The van der Waals surface area contributed by atoms with Crippen molar-refractivity contribution in [3.05, 3.63) is 130 Å². The van der Waals surface area contributed by atoms with Crippen LogP contribution in [-0.4, -0.2) is 53.3 Å². The molecule has 11 heteroatoms. The molecule has 1 unspecified atom stereocenters. The van der Waals surface area contributed by atoms with Crippen molar-refractivity contribution in [3.8, 4) is 0 Å². The lowest BCUT2D eigenvalue weighted by Gasteiger charge is -2.37. The maximum atomic E-state index is 13.2. The fourth-order valence-corrected chi connectivity index (χ4v) is 8.06. The molecule has 2 atom stereocenters. The Kier molecular flexibility index (Phi) is 21.5. The van der Waals surface area contributed by atoms with Gasteiger partial charge in [-0.05, 0) is 41.5 Å². The van der Waals surface area contributed by atoms with Crippen LogP contribution in [0.1, 0.15) is 120 Å². The SMILES string of the molecule is CC(C)CCCCCCCCCCCCCCOCCCOP(=O)(O)CO[C@H](COC(c1ccccc1)(c1ccccc1)c1ccccc1)Cn1ccc(N)nc1=O. The smallest absolute Gasteiger partial charge is 0.353 e. The fraction of sp³-hybridized carbons (Fsp3) is 0.532. The van der Waals surface area contributed by atoms with Gasteiger partial charge in [-0.2, -0.15) is 4.98 Å². The van der Waals surface area contributed by atoms with Crippen molar-refractivity contribution in [2.75, 3.05) is 38.5 Å². The summed E-state index contributed by atoms with van der Waals surface area (Å²) in [5, 5.41) is 0. The third kappa shape index (κ3) is 16.9. The average Bonchev–Trinajstić information content (AvgIpc) is 3.23. The molecule has 10 nitrogen and oxygen atoms in total. The summed E-state index contributed by atoms with van der Waals surface area (Å²) in [6, 6.07) is 31.1. The molecule has 0 spiro atoms. The monoisotopic (exact) mass is 817 g/mol. The van der Waals surface area contributed by atoms with Gasteiger partial charge in [-0.25, -0.2) is 4.79 Å². The second kappa shape index (κ2) is 26.5. The third-order valence-corrected chi connectivity index (χ3v) is 11.4. The summed E-state index contributed by atoms with van der Waals surface area (Å²) in [5.74, 6) is 0.926. The van der Waals surface area contributed by atoms with Crippen molar-refractivity contribution in [1.82, 2.24) is 9.55 Å². The molecule has 0 aliphatic carbocycles. The van der Waals surface area contributed by atoms with E-state index in [2.05, 4.69) is 18.8 Å². The predicted molar refractivity (Wildman–Crippen MR) is 234 cm³/mol. The van der Waals surface area contributed by atoms with E-state index >= 15 is 0 Å². The van der Waals surface area contributed by atoms with Crippen LogP contribution in [0.25, 0.3) is 0 Å². The molecular formula is C47H68N3O7P. The predicted octanol–water partition coefficient (Wildman–Crippen LogP) is 10.5. The lowest BCUT2D eigenvalue weighted by molar-refractivity contribution is -0.0635. The molecule has 4 aromatic rings. The number of nitrogens with zero attached hydrogens (tertiary/aromatic N) is 2. The molecule has 3 aromatic carbocycles. The van der Waals surface area contributed by atoms with Crippen molar-refractivity contribution in [3.63, 3.8) is 0 Å². The van der Waals surface area contributed by atoms with Gasteiger partial charge in [0, 0.05) is 19.4 Å². The first kappa shape index (κ1) is 47.1. The highest BCUT2D eigenvalue weighted by Gasteiger charge is 2.38. The number of nitrogen functional groups attached to an aromatic ring is 1. The first-order valence-corrected chi connectivity index (χ1v) is 23.2. The average molecular weight is 818 g/mol. The Morgan fingerprint density at radius 1 is 0.690 bits per heavy atom. The topological polar surface area (TPSA) is 135 Å². The van der Waals surface area contributed by atoms with Gasteiger partial charge in [-0.1, -0.05) is 182 Å². The minimum Gasteiger partial charge on any atom is -0.383 e. The second-order valence-corrected chi connectivity index (χ2v) is 17.4. The Morgan fingerprint density at radius 2 is 1.17 bits per heavy atom. The first-order chi connectivity index (χ1) is 28.2. The minimum atomic E-state index is -4.16. The van der Waals surface area contributed by atoms with Crippen molar-refractivity contribution in [2.24, 2.45) is 5.92 Å². The summed E-state index contributed by atoms with van der Waals surface area (Å²) < 4.78 is 38.7. The molecule has 318 valence electrons. The Hall–Kier alpha value is -3.63. The van der Waals surface area contributed by atoms with Gasteiger partial charge in [0.15, 0.2) is 0 Å². The molecule has 0 fully saturated rings. The van der Waals surface area contributed by atoms with Crippen LogP contribution < -0.4 is 11.4 Å². The summed E-state index contributed by atoms with van der Waals surface area (Å²) in [6.45, 7) is 5.73. The molecule has 3 N–H and O–H groups in total. The maximum Gasteiger partial charge on any atom is 0.353 e. The molecule has 0 saturated carbocycles. The minimum absolute atomic E-state index is 0.00677. The number of nitrogens with two attached hydrogens (primary N) is 1. The summed E-state index contributed by atoms with van der Waals surface area (Å²) in [7, 11) is -4.16. The summed E-state index contributed by atoms with van der Waals surface area (Å²) >= 11 is 0. The van der Waals surface area contributed by atoms with E-state index in [1.807, 2.05) is 91.0 Å². The normalized spacial score (nSPS) is 13.4. The van der Waals surface area contributed by atoms with Crippen LogP contribution in [0.4, 0.5) is 5.82 Å². The summed E-state index contributed by atoms with van der Waals surface area (Å²) in [5.41, 5.74) is 6.77.